The lowest BCUT2D eigenvalue weighted by Crippen LogP contribution is -2.23. The van der Waals surface area contributed by atoms with Gasteiger partial charge in [0, 0.05) is 17.5 Å². The van der Waals surface area contributed by atoms with Crippen molar-refractivity contribution < 1.29 is 5.11 Å². The predicted molar refractivity (Wildman–Crippen MR) is 64.1 cm³/mol. The average Bonchev–Trinajstić information content (AvgIpc) is 2.93. The fourth-order valence-electron chi connectivity index (χ4n) is 1.89. The molecule has 2 N–H and O–H groups in total. The molecule has 1 aromatic heterocycles. The highest BCUT2D eigenvalue weighted by molar-refractivity contribution is 7.10. The first kappa shape index (κ1) is 11.1. The van der Waals surface area contributed by atoms with Crippen molar-refractivity contribution in [2.45, 2.75) is 31.7 Å². The Balaban J connectivity index is 1.79. The predicted octanol–water partition coefficient (Wildman–Crippen LogP) is 2.56. The van der Waals surface area contributed by atoms with Gasteiger partial charge in [0.25, 0.3) is 0 Å². The van der Waals surface area contributed by atoms with E-state index >= 15 is 0 Å². The van der Waals surface area contributed by atoms with E-state index in [4.69, 9.17) is 5.11 Å². The summed E-state index contributed by atoms with van der Waals surface area (Å²) in [5, 5.41) is 14.5. The molecule has 0 spiro atoms. The molecule has 2 rings (SSSR count). The third-order valence-electron chi connectivity index (χ3n) is 2.89. The van der Waals surface area contributed by atoms with Gasteiger partial charge in [0.2, 0.25) is 0 Å². The van der Waals surface area contributed by atoms with E-state index in [2.05, 4.69) is 22.8 Å². The van der Waals surface area contributed by atoms with Gasteiger partial charge in [-0.3, -0.25) is 0 Å². The molecule has 3 heteroatoms. The summed E-state index contributed by atoms with van der Waals surface area (Å²) in [5.41, 5.74) is 0. The number of unbranched alkanes of at least 4 members (excludes halogenated alkanes) is 1. The number of hydrogen-bond donors (Lipinski definition) is 2. The number of nitrogens with one attached hydrogen (secondary N) is 1. The van der Waals surface area contributed by atoms with Crippen molar-refractivity contribution in [3.8, 4) is 0 Å². The number of thiophene rings is 1. The quantitative estimate of drug-likeness (QED) is 0.699. The second kappa shape index (κ2) is 5.64. The Labute approximate surface area is 95.3 Å². The molecule has 0 bridgehead atoms. The molecule has 0 amide bonds. The first-order valence-corrected chi connectivity index (χ1v) is 6.67. The van der Waals surface area contributed by atoms with Crippen molar-refractivity contribution in [1.29, 1.82) is 0 Å². The molecule has 1 saturated carbocycles. The Bertz CT molecular complexity index is 269. The third kappa shape index (κ3) is 3.30. The highest BCUT2D eigenvalue weighted by atomic mass is 32.1. The molecule has 84 valence electrons. The minimum Gasteiger partial charge on any atom is -0.396 e. The molecule has 2 nitrogen and oxygen atoms in total. The highest BCUT2D eigenvalue weighted by Crippen LogP contribution is 2.42. The zero-order chi connectivity index (χ0) is 10.5. The van der Waals surface area contributed by atoms with Crippen LogP contribution in [0.25, 0.3) is 0 Å². The largest absolute Gasteiger partial charge is 0.396 e. The molecule has 1 atom stereocenters. The average molecular weight is 225 g/mol. The number of rotatable bonds is 7. The lowest BCUT2D eigenvalue weighted by atomic mass is 10.1. The fraction of sp³-hybridized carbons (Fsp3) is 0.667. The van der Waals surface area contributed by atoms with Crippen LogP contribution in [0, 0.1) is 5.92 Å². The molecule has 1 aliphatic carbocycles. The summed E-state index contributed by atoms with van der Waals surface area (Å²) in [6.45, 7) is 1.34. The topological polar surface area (TPSA) is 32.3 Å². The standard InChI is InChI=1S/C12H19NOS/c14-8-2-1-7-13-12(10-5-6-10)11-4-3-9-15-11/h3-4,9-10,12-14H,1-2,5-8H2. The Hall–Kier alpha value is -0.380. The van der Waals surface area contributed by atoms with Gasteiger partial charge in [-0.1, -0.05) is 6.07 Å². The first-order valence-electron chi connectivity index (χ1n) is 5.79. The van der Waals surface area contributed by atoms with E-state index in [1.54, 1.807) is 0 Å². The summed E-state index contributed by atoms with van der Waals surface area (Å²) in [6, 6.07) is 4.93. The lowest BCUT2D eigenvalue weighted by Gasteiger charge is -2.16. The summed E-state index contributed by atoms with van der Waals surface area (Å²) in [5.74, 6) is 0.859. The van der Waals surface area contributed by atoms with Gasteiger partial charge in [0.15, 0.2) is 0 Å². The summed E-state index contributed by atoms with van der Waals surface area (Å²) in [7, 11) is 0. The SMILES string of the molecule is OCCCCNC(c1cccs1)C1CC1. The summed E-state index contributed by atoms with van der Waals surface area (Å²) in [6.07, 6.45) is 4.73. The van der Waals surface area contributed by atoms with Gasteiger partial charge < -0.3 is 10.4 Å². The van der Waals surface area contributed by atoms with Gasteiger partial charge in [0.1, 0.15) is 0 Å². The maximum atomic E-state index is 8.71. The zero-order valence-electron chi connectivity index (χ0n) is 8.98. The Morgan fingerprint density at radius 1 is 1.47 bits per heavy atom. The van der Waals surface area contributed by atoms with Crippen LogP contribution in [0.5, 0.6) is 0 Å². The van der Waals surface area contributed by atoms with E-state index in [0.29, 0.717) is 12.6 Å². The zero-order valence-corrected chi connectivity index (χ0v) is 9.80. The van der Waals surface area contributed by atoms with Gasteiger partial charge in [-0.25, -0.2) is 0 Å². The second-order valence-corrected chi connectivity index (χ2v) is 5.19. The van der Waals surface area contributed by atoms with E-state index in [0.717, 1.165) is 25.3 Å². The van der Waals surface area contributed by atoms with Crippen LogP contribution in [0.3, 0.4) is 0 Å². The van der Waals surface area contributed by atoms with Gasteiger partial charge in [0.05, 0.1) is 0 Å². The molecule has 0 saturated heterocycles. The number of hydrogen-bond acceptors (Lipinski definition) is 3. The van der Waals surface area contributed by atoms with Crippen LogP contribution < -0.4 is 5.32 Å². The van der Waals surface area contributed by atoms with Crippen LogP contribution in [-0.2, 0) is 0 Å². The van der Waals surface area contributed by atoms with Crippen LogP contribution in [0.15, 0.2) is 17.5 Å². The van der Waals surface area contributed by atoms with Crippen LogP contribution >= 0.6 is 11.3 Å². The van der Waals surface area contributed by atoms with Crippen LogP contribution in [0.2, 0.25) is 0 Å². The number of aliphatic hydroxyl groups excluding tert-OH is 1. The van der Waals surface area contributed by atoms with Crippen molar-refractivity contribution in [1.82, 2.24) is 5.32 Å². The maximum absolute atomic E-state index is 8.71. The van der Waals surface area contributed by atoms with Gasteiger partial charge >= 0.3 is 0 Å². The fourth-order valence-corrected chi connectivity index (χ4v) is 2.79. The van der Waals surface area contributed by atoms with Crippen molar-refractivity contribution >= 4 is 11.3 Å². The van der Waals surface area contributed by atoms with Crippen LogP contribution in [0.4, 0.5) is 0 Å². The monoisotopic (exact) mass is 225 g/mol. The summed E-state index contributed by atoms with van der Waals surface area (Å²) in [4.78, 5) is 1.47. The molecular formula is C12H19NOS. The van der Waals surface area contributed by atoms with Crippen molar-refractivity contribution in [3.05, 3.63) is 22.4 Å². The van der Waals surface area contributed by atoms with Crippen molar-refractivity contribution in [3.63, 3.8) is 0 Å². The normalized spacial score (nSPS) is 17.9. The molecular weight excluding hydrogens is 206 g/mol. The Morgan fingerprint density at radius 2 is 2.33 bits per heavy atom. The molecule has 1 fully saturated rings. The molecule has 1 unspecified atom stereocenters. The molecule has 1 heterocycles. The molecule has 1 aromatic rings. The Morgan fingerprint density at radius 3 is 2.93 bits per heavy atom. The summed E-state index contributed by atoms with van der Waals surface area (Å²) < 4.78 is 0. The minimum absolute atomic E-state index is 0.314. The van der Waals surface area contributed by atoms with E-state index in [1.807, 2.05) is 11.3 Å². The highest BCUT2D eigenvalue weighted by Gasteiger charge is 2.32. The van der Waals surface area contributed by atoms with E-state index < -0.39 is 0 Å². The van der Waals surface area contributed by atoms with Crippen LogP contribution in [0.1, 0.15) is 36.6 Å². The summed E-state index contributed by atoms with van der Waals surface area (Å²) >= 11 is 1.85. The second-order valence-electron chi connectivity index (χ2n) is 4.22. The number of aliphatic hydroxyl groups is 1. The van der Waals surface area contributed by atoms with Crippen molar-refractivity contribution in [2.75, 3.05) is 13.2 Å². The molecule has 1 aliphatic rings. The molecule has 0 aromatic carbocycles. The van der Waals surface area contributed by atoms with E-state index in [9.17, 15) is 0 Å². The van der Waals surface area contributed by atoms with E-state index in [-0.39, 0.29) is 0 Å². The lowest BCUT2D eigenvalue weighted by molar-refractivity contribution is 0.282. The maximum Gasteiger partial charge on any atom is 0.0443 e. The first-order chi connectivity index (χ1) is 7.42. The minimum atomic E-state index is 0.314. The smallest absolute Gasteiger partial charge is 0.0443 e. The molecule has 0 radical (unpaired) electrons. The van der Waals surface area contributed by atoms with Gasteiger partial charge in [-0.2, -0.15) is 0 Å². The third-order valence-corrected chi connectivity index (χ3v) is 3.85. The molecule has 15 heavy (non-hydrogen) atoms. The van der Waals surface area contributed by atoms with E-state index in [1.165, 1.54) is 17.7 Å². The van der Waals surface area contributed by atoms with Gasteiger partial charge in [-0.05, 0) is 49.6 Å². The van der Waals surface area contributed by atoms with Gasteiger partial charge in [-0.15, -0.1) is 11.3 Å². The molecule has 0 aliphatic heterocycles. The van der Waals surface area contributed by atoms with Crippen LogP contribution in [-0.4, -0.2) is 18.3 Å². The Kier molecular flexibility index (Phi) is 4.18. The van der Waals surface area contributed by atoms with Crippen molar-refractivity contribution in [2.24, 2.45) is 5.92 Å².